The maximum atomic E-state index is 14.5. The van der Waals surface area contributed by atoms with Crippen LogP contribution in [-0.4, -0.2) is 60.3 Å². The quantitative estimate of drug-likeness (QED) is 0.483. The Morgan fingerprint density at radius 1 is 1.09 bits per heavy atom. The molecule has 2 atom stereocenters. The first-order valence-electron chi connectivity index (χ1n) is 12.0. The molecule has 0 amide bonds. The lowest BCUT2D eigenvalue weighted by Crippen LogP contribution is -2.57. The number of ether oxygens (including phenoxy) is 2. The molecule has 2 aromatic heterocycles. The molecule has 2 saturated heterocycles. The third-order valence-electron chi connectivity index (χ3n) is 7.11. The van der Waals surface area contributed by atoms with Gasteiger partial charge in [-0.1, -0.05) is 6.07 Å². The average Bonchev–Trinajstić information content (AvgIpc) is 3.27. The number of halogens is 1. The molecule has 0 spiro atoms. The van der Waals surface area contributed by atoms with Crippen molar-refractivity contribution in [2.24, 2.45) is 7.05 Å². The first-order valence-corrected chi connectivity index (χ1v) is 12.0. The van der Waals surface area contributed by atoms with Gasteiger partial charge in [0.2, 0.25) is 0 Å². The van der Waals surface area contributed by atoms with Crippen molar-refractivity contribution >= 4 is 16.6 Å². The molecule has 0 aliphatic carbocycles. The fourth-order valence-electron chi connectivity index (χ4n) is 5.36. The number of anilines is 1. The Morgan fingerprint density at radius 3 is 2.80 bits per heavy atom. The number of methoxy groups -OCH3 is 1. The van der Waals surface area contributed by atoms with Gasteiger partial charge in [-0.15, -0.1) is 0 Å². The van der Waals surface area contributed by atoms with Crippen LogP contribution in [0.5, 0.6) is 5.75 Å². The molecular formula is C27H28FN5O2. The zero-order valence-electron chi connectivity index (χ0n) is 19.9. The minimum Gasteiger partial charge on any atom is -0.497 e. The number of nitrogens with zero attached hydrogens (tertiary/aromatic N) is 4. The van der Waals surface area contributed by atoms with Gasteiger partial charge in [-0.2, -0.15) is 5.10 Å². The van der Waals surface area contributed by atoms with Crippen LogP contribution >= 0.6 is 0 Å². The molecule has 0 bridgehead atoms. The van der Waals surface area contributed by atoms with Crippen LogP contribution in [0.25, 0.3) is 33.2 Å². The topological polar surface area (TPSA) is 64.4 Å². The van der Waals surface area contributed by atoms with Crippen LogP contribution in [0.3, 0.4) is 0 Å². The number of benzene rings is 2. The molecule has 35 heavy (non-hydrogen) atoms. The Bertz CT molecular complexity index is 1390. The zero-order valence-corrected chi connectivity index (χ0v) is 19.9. The van der Waals surface area contributed by atoms with E-state index in [2.05, 4.69) is 38.5 Å². The van der Waals surface area contributed by atoms with E-state index >= 15 is 0 Å². The number of hydrogen-bond donors (Lipinski definition) is 1. The van der Waals surface area contributed by atoms with Crippen molar-refractivity contribution in [3.63, 3.8) is 0 Å². The molecular weight excluding hydrogens is 445 g/mol. The van der Waals surface area contributed by atoms with Crippen LogP contribution < -0.4 is 15.0 Å². The van der Waals surface area contributed by atoms with Crippen LogP contribution in [0.15, 0.2) is 55.0 Å². The molecule has 4 heterocycles. The number of nitrogens with one attached hydrogen (secondary N) is 1. The van der Waals surface area contributed by atoms with E-state index in [-0.39, 0.29) is 11.9 Å². The molecule has 2 aliphatic heterocycles. The van der Waals surface area contributed by atoms with Gasteiger partial charge in [0.05, 0.1) is 37.2 Å². The fourth-order valence-corrected chi connectivity index (χ4v) is 5.36. The van der Waals surface area contributed by atoms with Crippen molar-refractivity contribution in [2.45, 2.75) is 18.6 Å². The Balaban J connectivity index is 1.52. The Kier molecular flexibility index (Phi) is 5.62. The monoisotopic (exact) mass is 473 g/mol. The van der Waals surface area contributed by atoms with Crippen LogP contribution in [0.2, 0.25) is 0 Å². The van der Waals surface area contributed by atoms with Crippen molar-refractivity contribution in [3.05, 3.63) is 60.8 Å². The normalized spacial score (nSPS) is 20.1. The number of aromatic nitrogens is 3. The summed E-state index contributed by atoms with van der Waals surface area (Å²) in [5, 5.41) is 9.05. The minimum atomic E-state index is -0.342. The molecule has 2 fully saturated rings. The number of fused-ring (bicyclic) bond motifs is 2. The number of pyridine rings is 1. The molecule has 2 aromatic carbocycles. The van der Waals surface area contributed by atoms with Crippen molar-refractivity contribution in [1.29, 1.82) is 0 Å². The molecule has 2 aliphatic rings. The van der Waals surface area contributed by atoms with E-state index in [9.17, 15) is 4.39 Å². The summed E-state index contributed by atoms with van der Waals surface area (Å²) in [4.78, 5) is 6.96. The highest BCUT2D eigenvalue weighted by Crippen LogP contribution is 2.42. The molecule has 8 heteroatoms. The van der Waals surface area contributed by atoms with Crippen LogP contribution in [0.1, 0.15) is 6.42 Å². The molecule has 6 rings (SSSR count). The molecule has 1 unspecified atom stereocenters. The minimum absolute atomic E-state index is 0.106. The summed E-state index contributed by atoms with van der Waals surface area (Å²) in [6.45, 7) is 3.22. The first kappa shape index (κ1) is 22.0. The molecule has 1 N–H and O–H groups in total. The lowest BCUT2D eigenvalue weighted by Gasteiger charge is -2.43. The van der Waals surface area contributed by atoms with E-state index in [0.717, 1.165) is 64.9 Å². The van der Waals surface area contributed by atoms with Gasteiger partial charge in [-0.25, -0.2) is 4.39 Å². The standard InChI is InChI=1S/C27H28FN5O2/c1-32-25-4-3-17(9-19(25)13-31-32)22-14-29-15-23(18-10-20(28)12-21(11-18)34-2)27(22)33-7-5-24-26(16-33)35-8-6-30-24/h3-4,9-15,24,26,30H,5-8,16H2,1-2H3/t24-,26?/m1/s1. The molecule has 0 radical (unpaired) electrons. The van der Waals surface area contributed by atoms with Gasteiger partial charge in [0.15, 0.2) is 0 Å². The summed E-state index contributed by atoms with van der Waals surface area (Å²) in [5.74, 6) is 0.137. The summed E-state index contributed by atoms with van der Waals surface area (Å²) in [5.41, 5.74) is 5.74. The number of piperidine rings is 1. The largest absolute Gasteiger partial charge is 0.497 e. The zero-order chi connectivity index (χ0) is 23.9. The van der Waals surface area contributed by atoms with E-state index in [1.165, 1.54) is 6.07 Å². The summed E-state index contributed by atoms with van der Waals surface area (Å²) in [6.07, 6.45) is 6.68. The molecule has 4 aromatic rings. The van der Waals surface area contributed by atoms with Gasteiger partial charge in [0.1, 0.15) is 11.6 Å². The summed E-state index contributed by atoms with van der Waals surface area (Å²) >= 11 is 0. The van der Waals surface area contributed by atoms with E-state index in [4.69, 9.17) is 9.47 Å². The molecule has 7 nitrogen and oxygen atoms in total. The van der Waals surface area contributed by atoms with Gasteiger partial charge < -0.3 is 19.7 Å². The number of rotatable bonds is 4. The van der Waals surface area contributed by atoms with Crippen molar-refractivity contribution < 1.29 is 13.9 Å². The second-order valence-corrected chi connectivity index (χ2v) is 9.21. The van der Waals surface area contributed by atoms with Crippen LogP contribution in [0.4, 0.5) is 10.1 Å². The Labute approximate surface area is 203 Å². The van der Waals surface area contributed by atoms with Crippen LogP contribution in [0, 0.1) is 5.82 Å². The van der Waals surface area contributed by atoms with Crippen molar-refractivity contribution in [1.82, 2.24) is 20.1 Å². The first-order chi connectivity index (χ1) is 17.1. The highest BCUT2D eigenvalue weighted by molar-refractivity contribution is 5.93. The maximum absolute atomic E-state index is 14.5. The van der Waals surface area contributed by atoms with E-state index in [1.54, 1.807) is 13.2 Å². The van der Waals surface area contributed by atoms with Gasteiger partial charge >= 0.3 is 0 Å². The van der Waals surface area contributed by atoms with Crippen molar-refractivity contribution in [2.75, 3.05) is 38.3 Å². The van der Waals surface area contributed by atoms with E-state index < -0.39 is 0 Å². The lowest BCUT2D eigenvalue weighted by molar-refractivity contribution is -0.00899. The number of hydrogen-bond acceptors (Lipinski definition) is 6. The predicted octanol–water partition coefficient (Wildman–Crippen LogP) is 4.02. The lowest BCUT2D eigenvalue weighted by atomic mass is 9.93. The predicted molar refractivity (Wildman–Crippen MR) is 134 cm³/mol. The molecule has 180 valence electrons. The van der Waals surface area contributed by atoms with Gasteiger partial charge in [0, 0.05) is 67.7 Å². The van der Waals surface area contributed by atoms with Gasteiger partial charge in [0.25, 0.3) is 0 Å². The highest BCUT2D eigenvalue weighted by atomic mass is 19.1. The Morgan fingerprint density at radius 2 is 1.94 bits per heavy atom. The smallest absolute Gasteiger partial charge is 0.127 e. The van der Waals surface area contributed by atoms with Crippen LogP contribution in [-0.2, 0) is 11.8 Å². The summed E-state index contributed by atoms with van der Waals surface area (Å²) in [6, 6.07) is 11.5. The average molecular weight is 474 g/mol. The number of aryl methyl sites for hydroxylation is 1. The molecule has 0 saturated carbocycles. The summed E-state index contributed by atoms with van der Waals surface area (Å²) in [7, 11) is 3.49. The summed E-state index contributed by atoms with van der Waals surface area (Å²) < 4.78 is 27.9. The van der Waals surface area contributed by atoms with Gasteiger partial charge in [-0.05, 0) is 41.8 Å². The SMILES string of the molecule is COc1cc(F)cc(-c2cncc(-c3ccc4c(cnn4C)c3)c2N2CC[C@H]3NCCOC3C2)c1. The third kappa shape index (κ3) is 4.02. The maximum Gasteiger partial charge on any atom is 0.127 e. The number of morpholine rings is 1. The highest BCUT2D eigenvalue weighted by Gasteiger charge is 2.34. The fraction of sp³-hybridized carbons (Fsp3) is 0.333. The second kappa shape index (κ2) is 8.94. The van der Waals surface area contributed by atoms with Crippen molar-refractivity contribution in [3.8, 4) is 28.0 Å². The van der Waals surface area contributed by atoms with E-state index in [0.29, 0.717) is 18.4 Å². The van der Waals surface area contributed by atoms with E-state index in [1.807, 2.05) is 36.4 Å². The Hall–Kier alpha value is -3.49. The van der Waals surface area contributed by atoms with Gasteiger partial charge in [-0.3, -0.25) is 9.67 Å². The second-order valence-electron chi connectivity index (χ2n) is 9.21. The third-order valence-corrected chi connectivity index (χ3v) is 7.11.